The Bertz CT molecular complexity index is 872. The summed E-state index contributed by atoms with van der Waals surface area (Å²) in [7, 11) is 0. The average Bonchev–Trinajstić information content (AvgIpc) is 3.06. The van der Waals surface area contributed by atoms with E-state index in [1.54, 1.807) is 5.57 Å². The minimum absolute atomic E-state index is 0.0857. The van der Waals surface area contributed by atoms with Gasteiger partial charge in [-0.1, -0.05) is 37.6 Å². The number of aromatic nitrogens is 1. The molecule has 2 fully saturated rings. The van der Waals surface area contributed by atoms with Crippen molar-refractivity contribution in [2.45, 2.75) is 71.8 Å². The Labute approximate surface area is 174 Å². The van der Waals surface area contributed by atoms with Gasteiger partial charge in [0.25, 0.3) is 0 Å². The fourth-order valence-corrected chi connectivity index (χ4v) is 7.50. The molecule has 2 saturated carbocycles. The first-order valence-electron chi connectivity index (χ1n) is 11.4. The van der Waals surface area contributed by atoms with Crippen molar-refractivity contribution in [1.29, 1.82) is 0 Å². The SMILES string of the molecule is CC(=O)O[C@H]1CC[C@@]2(C)C(=CCC3C2CC[C@]2(C)C(c4cccnc4)=CCC32)C1. The zero-order valence-corrected chi connectivity index (χ0v) is 18.0. The van der Waals surface area contributed by atoms with Crippen LogP contribution in [0.3, 0.4) is 0 Å². The molecular weight excluding hydrogens is 358 g/mol. The number of hydrogen-bond acceptors (Lipinski definition) is 3. The van der Waals surface area contributed by atoms with Crippen LogP contribution in [0.5, 0.6) is 0 Å². The van der Waals surface area contributed by atoms with Crippen LogP contribution in [0.4, 0.5) is 0 Å². The van der Waals surface area contributed by atoms with Crippen LogP contribution in [0.25, 0.3) is 5.57 Å². The van der Waals surface area contributed by atoms with Gasteiger partial charge in [0, 0.05) is 25.7 Å². The summed E-state index contributed by atoms with van der Waals surface area (Å²) in [6.45, 7) is 6.56. The van der Waals surface area contributed by atoms with Crippen LogP contribution in [-0.4, -0.2) is 17.1 Å². The Kier molecular flexibility index (Phi) is 4.49. The smallest absolute Gasteiger partial charge is 0.302 e. The molecule has 0 aliphatic heterocycles. The van der Waals surface area contributed by atoms with Crippen LogP contribution < -0.4 is 0 Å². The van der Waals surface area contributed by atoms with Gasteiger partial charge in [-0.25, -0.2) is 0 Å². The van der Waals surface area contributed by atoms with Gasteiger partial charge < -0.3 is 4.74 Å². The minimum Gasteiger partial charge on any atom is -0.462 e. The summed E-state index contributed by atoms with van der Waals surface area (Å²) in [5.41, 5.74) is 4.99. The number of carbonyl (C=O) groups excluding carboxylic acids is 1. The second-order valence-corrected chi connectivity index (χ2v) is 10.3. The van der Waals surface area contributed by atoms with Crippen molar-refractivity contribution < 1.29 is 9.53 Å². The first-order valence-corrected chi connectivity index (χ1v) is 11.4. The molecule has 4 aliphatic carbocycles. The molecule has 4 aliphatic rings. The zero-order chi connectivity index (χ0) is 20.2. The summed E-state index contributed by atoms with van der Waals surface area (Å²) < 4.78 is 5.58. The predicted octanol–water partition coefficient (Wildman–Crippen LogP) is 5.97. The van der Waals surface area contributed by atoms with E-state index in [4.69, 9.17) is 4.74 Å². The molecule has 1 aromatic rings. The first-order chi connectivity index (χ1) is 13.9. The molecule has 0 radical (unpaired) electrons. The lowest BCUT2D eigenvalue weighted by atomic mass is 9.47. The summed E-state index contributed by atoms with van der Waals surface area (Å²) in [6, 6.07) is 4.30. The van der Waals surface area contributed by atoms with Gasteiger partial charge in [-0.3, -0.25) is 9.78 Å². The van der Waals surface area contributed by atoms with Crippen molar-refractivity contribution >= 4 is 11.5 Å². The Balaban J connectivity index is 1.41. The van der Waals surface area contributed by atoms with Crippen molar-refractivity contribution in [2.75, 3.05) is 0 Å². The summed E-state index contributed by atoms with van der Waals surface area (Å²) in [5.74, 6) is 2.12. The lowest BCUT2D eigenvalue weighted by Crippen LogP contribution is -2.50. The molecule has 29 heavy (non-hydrogen) atoms. The highest BCUT2D eigenvalue weighted by atomic mass is 16.5. The predicted molar refractivity (Wildman–Crippen MR) is 115 cm³/mol. The standard InChI is InChI=1S/C26H33NO2/c1-17(28)29-20-10-12-25(2)19(15-20)6-7-21-23-9-8-22(18-5-4-14-27-16-18)26(23,3)13-11-24(21)25/h4-6,8,14,16,20-21,23-24H,7,9-13,15H2,1-3H3/t20-,21?,23?,24?,25-,26+/m0/s1. The number of esters is 1. The van der Waals surface area contributed by atoms with Gasteiger partial charge in [0.05, 0.1) is 0 Å². The number of rotatable bonds is 2. The molecule has 0 spiro atoms. The van der Waals surface area contributed by atoms with Crippen LogP contribution in [0.15, 0.2) is 42.3 Å². The lowest BCUT2D eigenvalue weighted by molar-refractivity contribution is -0.148. The molecule has 1 heterocycles. The molecule has 3 unspecified atom stereocenters. The van der Waals surface area contributed by atoms with Crippen LogP contribution in [0, 0.1) is 28.6 Å². The van der Waals surface area contributed by atoms with Gasteiger partial charge in [-0.15, -0.1) is 0 Å². The third kappa shape index (κ3) is 2.92. The molecule has 154 valence electrons. The van der Waals surface area contributed by atoms with E-state index < -0.39 is 0 Å². The Morgan fingerprint density at radius 2 is 1.93 bits per heavy atom. The van der Waals surface area contributed by atoms with E-state index in [2.05, 4.69) is 43.1 Å². The molecule has 0 bridgehead atoms. The molecule has 6 atom stereocenters. The maximum absolute atomic E-state index is 11.4. The second-order valence-electron chi connectivity index (χ2n) is 10.3. The summed E-state index contributed by atoms with van der Waals surface area (Å²) in [6.07, 6.45) is 17.1. The Morgan fingerprint density at radius 1 is 1.10 bits per heavy atom. The number of pyridine rings is 1. The minimum atomic E-state index is -0.138. The van der Waals surface area contributed by atoms with Gasteiger partial charge in [-0.05, 0) is 84.3 Å². The molecule has 0 saturated heterocycles. The normalized spacial score (nSPS) is 40.8. The molecule has 5 rings (SSSR count). The van der Waals surface area contributed by atoms with E-state index >= 15 is 0 Å². The van der Waals surface area contributed by atoms with E-state index in [1.807, 2.05) is 12.4 Å². The van der Waals surface area contributed by atoms with E-state index in [9.17, 15) is 4.79 Å². The van der Waals surface area contributed by atoms with Crippen molar-refractivity contribution in [3.63, 3.8) is 0 Å². The third-order valence-corrected chi connectivity index (χ3v) is 8.94. The fourth-order valence-electron chi connectivity index (χ4n) is 7.50. The first kappa shape index (κ1) is 19.1. The van der Waals surface area contributed by atoms with Crippen LogP contribution >= 0.6 is 0 Å². The summed E-state index contributed by atoms with van der Waals surface area (Å²) in [4.78, 5) is 15.8. The highest BCUT2D eigenvalue weighted by Crippen LogP contribution is 2.66. The average molecular weight is 392 g/mol. The zero-order valence-electron chi connectivity index (χ0n) is 18.0. The van der Waals surface area contributed by atoms with Crippen LogP contribution in [0.2, 0.25) is 0 Å². The van der Waals surface area contributed by atoms with E-state index in [-0.39, 0.29) is 22.9 Å². The van der Waals surface area contributed by atoms with Crippen LogP contribution in [0.1, 0.15) is 71.3 Å². The van der Waals surface area contributed by atoms with Gasteiger partial charge in [0.15, 0.2) is 0 Å². The molecule has 3 nitrogen and oxygen atoms in total. The van der Waals surface area contributed by atoms with Crippen LogP contribution in [-0.2, 0) is 9.53 Å². The summed E-state index contributed by atoms with van der Waals surface area (Å²) in [5, 5.41) is 0. The van der Waals surface area contributed by atoms with Crippen molar-refractivity contribution in [3.8, 4) is 0 Å². The topological polar surface area (TPSA) is 39.2 Å². The fraction of sp³-hybridized carbons (Fsp3) is 0.615. The van der Waals surface area contributed by atoms with Crippen molar-refractivity contribution in [1.82, 2.24) is 4.98 Å². The Morgan fingerprint density at radius 3 is 2.69 bits per heavy atom. The molecule has 0 amide bonds. The van der Waals surface area contributed by atoms with E-state index in [0.717, 1.165) is 37.0 Å². The quantitative estimate of drug-likeness (QED) is 0.460. The number of fused-ring (bicyclic) bond motifs is 5. The maximum Gasteiger partial charge on any atom is 0.302 e. The van der Waals surface area contributed by atoms with Gasteiger partial charge in [0.1, 0.15) is 6.10 Å². The largest absolute Gasteiger partial charge is 0.462 e. The number of allylic oxidation sites excluding steroid dienone is 3. The van der Waals surface area contributed by atoms with Crippen molar-refractivity contribution in [3.05, 3.63) is 47.8 Å². The highest BCUT2D eigenvalue weighted by molar-refractivity contribution is 5.72. The summed E-state index contributed by atoms with van der Waals surface area (Å²) >= 11 is 0. The maximum atomic E-state index is 11.4. The van der Waals surface area contributed by atoms with E-state index in [0.29, 0.717) is 0 Å². The number of nitrogens with zero attached hydrogens (tertiary/aromatic N) is 1. The molecule has 3 heteroatoms. The van der Waals surface area contributed by atoms with Crippen molar-refractivity contribution in [2.24, 2.45) is 28.6 Å². The Hall–Kier alpha value is -1.90. The molecule has 0 N–H and O–H groups in total. The second kappa shape index (κ2) is 6.82. The van der Waals surface area contributed by atoms with E-state index in [1.165, 1.54) is 43.7 Å². The third-order valence-electron chi connectivity index (χ3n) is 8.94. The molecule has 1 aromatic heterocycles. The molecular formula is C26H33NO2. The van der Waals surface area contributed by atoms with Gasteiger partial charge in [0.2, 0.25) is 0 Å². The van der Waals surface area contributed by atoms with Gasteiger partial charge in [-0.2, -0.15) is 0 Å². The number of ether oxygens (including phenoxy) is 1. The highest BCUT2D eigenvalue weighted by Gasteiger charge is 2.56. The van der Waals surface area contributed by atoms with Gasteiger partial charge >= 0.3 is 5.97 Å². The number of carbonyl (C=O) groups is 1. The monoisotopic (exact) mass is 391 g/mol. The number of hydrogen-bond donors (Lipinski definition) is 0. The molecule has 0 aromatic carbocycles. The lowest BCUT2D eigenvalue weighted by Gasteiger charge is -2.57.